The molecule has 2 saturated carbocycles. The number of carbonyl (C=O) groups is 1. The Morgan fingerprint density at radius 3 is 2.29 bits per heavy atom. The Morgan fingerprint density at radius 1 is 1.08 bits per heavy atom. The lowest BCUT2D eigenvalue weighted by Crippen LogP contribution is -2.43. The van der Waals surface area contributed by atoms with Crippen molar-refractivity contribution in [1.29, 1.82) is 0 Å². The maximum Gasteiger partial charge on any atom is 0.254 e. The SMILES string of the molecule is Cc1ccc(C(=O)N(C2CCCCC2)C2CC2)cc1NS(C)(=O)=O. The van der Waals surface area contributed by atoms with Crippen LogP contribution in [0, 0.1) is 6.92 Å². The number of nitrogens with zero attached hydrogens (tertiary/aromatic N) is 1. The number of anilines is 1. The molecule has 0 radical (unpaired) electrons. The topological polar surface area (TPSA) is 66.5 Å². The summed E-state index contributed by atoms with van der Waals surface area (Å²) in [6.45, 7) is 1.83. The molecular weight excluding hydrogens is 324 g/mol. The fraction of sp³-hybridized carbons (Fsp3) is 0.611. The lowest BCUT2D eigenvalue weighted by Gasteiger charge is -2.35. The average molecular weight is 350 g/mol. The summed E-state index contributed by atoms with van der Waals surface area (Å²) >= 11 is 0. The van der Waals surface area contributed by atoms with Crippen molar-refractivity contribution in [2.45, 2.75) is 64.0 Å². The molecule has 24 heavy (non-hydrogen) atoms. The quantitative estimate of drug-likeness (QED) is 0.886. The summed E-state index contributed by atoms with van der Waals surface area (Å²) < 4.78 is 25.6. The Hall–Kier alpha value is -1.56. The summed E-state index contributed by atoms with van der Waals surface area (Å²) in [5.41, 5.74) is 1.87. The summed E-state index contributed by atoms with van der Waals surface area (Å²) in [6.07, 6.45) is 9.11. The fourth-order valence-corrected chi connectivity index (χ4v) is 4.17. The van der Waals surface area contributed by atoms with Gasteiger partial charge in [-0.2, -0.15) is 0 Å². The van der Waals surface area contributed by atoms with Gasteiger partial charge < -0.3 is 4.90 Å². The van der Waals surface area contributed by atoms with Crippen molar-refractivity contribution in [3.05, 3.63) is 29.3 Å². The zero-order valence-electron chi connectivity index (χ0n) is 14.4. The standard InChI is InChI=1S/C18H26N2O3S/c1-13-8-9-14(12-17(13)19-24(2,22)23)18(21)20(16-10-11-16)15-6-4-3-5-7-15/h8-9,12,15-16,19H,3-7,10-11H2,1-2H3. The summed E-state index contributed by atoms with van der Waals surface area (Å²) in [5, 5.41) is 0. The molecule has 1 amide bonds. The summed E-state index contributed by atoms with van der Waals surface area (Å²) in [7, 11) is -3.36. The number of amides is 1. The van der Waals surface area contributed by atoms with E-state index in [9.17, 15) is 13.2 Å². The molecule has 0 saturated heterocycles. The van der Waals surface area contributed by atoms with E-state index in [2.05, 4.69) is 9.62 Å². The third-order valence-electron chi connectivity index (χ3n) is 4.92. The molecule has 0 unspecified atom stereocenters. The number of carbonyl (C=O) groups excluding carboxylic acids is 1. The van der Waals surface area contributed by atoms with Crippen molar-refractivity contribution in [3.8, 4) is 0 Å². The molecule has 6 heteroatoms. The minimum absolute atomic E-state index is 0.0425. The monoisotopic (exact) mass is 350 g/mol. The van der Waals surface area contributed by atoms with Crippen molar-refractivity contribution in [3.63, 3.8) is 0 Å². The first-order valence-electron chi connectivity index (χ1n) is 8.76. The Bertz CT molecular complexity index is 720. The predicted octanol–water partition coefficient (Wildman–Crippen LogP) is 3.30. The van der Waals surface area contributed by atoms with E-state index < -0.39 is 10.0 Å². The molecule has 0 aliphatic heterocycles. The molecule has 0 aromatic heterocycles. The van der Waals surface area contributed by atoms with Crippen LogP contribution in [0.3, 0.4) is 0 Å². The molecular formula is C18H26N2O3S. The van der Waals surface area contributed by atoms with Gasteiger partial charge in [-0.05, 0) is 50.3 Å². The van der Waals surface area contributed by atoms with Crippen molar-refractivity contribution < 1.29 is 13.2 Å². The van der Waals surface area contributed by atoms with Crippen LogP contribution in [0.15, 0.2) is 18.2 Å². The van der Waals surface area contributed by atoms with Crippen LogP contribution in [0.2, 0.25) is 0 Å². The highest BCUT2D eigenvalue weighted by Gasteiger charge is 2.38. The molecule has 0 bridgehead atoms. The number of rotatable bonds is 5. The lowest BCUT2D eigenvalue weighted by molar-refractivity contribution is 0.0614. The maximum absolute atomic E-state index is 13.1. The van der Waals surface area contributed by atoms with Crippen molar-refractivity contribution in [1.82, 2.24) is 4.90 Å². The number of aryl methyl sites for hydroxylation is 1. The third-order valence-corrected chi connectivity index (χ3v) is 5.51. The van der Waals surface area contributed by atoms with Gasteiger partial charge >= 0.3 is 0 Å². The Labute approximate surface area is 144 Å². The molecule has 1 N–H and O–H groups in total. The van der Waals surface area contributed by atoms with E-state index in [-0.39, 0.29) is 5.91 Å². The van der Waals surface area contributed by atoms with Gasteiger partial charge in [-0.1, -0.05) is 25.3 Å². The van der Waals surface area contributed by atoms with Crippen LogP contribution >= 0.6 is 0 Å². The van der Waals surface area contributed by atoms with E-state index >= 15 is 0 Å². The highest BCUT2D eigenvalue weighted by molar-refractivity contribution is 7.92. The van der Waals surface area contributed by atoms with E-state index in [1.807, 2.05) is 19.1 Å². The number of sulfonamides is 1. The molecule has 2 fully saturated rings. The number of benzene rings is 1. The molecule has 1 aromatic rings. The van der Waals surface area contributed by atoms with Gasteiger partial charge in [0.15, 0.2) is 0 Å². The molecule has 132 valence electrons. The van der Waals surface area contributed by atoms with E-state index in [0.717, 1.165) is 37.5 Å². The van der Waals surface area contributed by atoms with Crippen molar-refractivity contribution in [2.24, 2.45) is 0 Å². The normalized spacial score (nSPS) is 19.1. The smallest absolute Gasteiger partial charge is 0.254 e. The van der Waals surface area contributed by atoms with Crippen molar-refractivity contribution >= 4 is 21.6 Å². The highest BCUT2D eigenvalue weighted by Crippen LogP contribution is 2.35. The molecule has 0 spiro atoms. The van der Waals surface area contributed by atoms with Gasteiger partial charge in [0, 0.05) is 17.6 Å². The second kappa shape index (κ2) is 6.75. The minimum atomic E-state index is -3.36. The van der Waals surface area contributed by atoms with Crippen LogP contribution < -0.4 is 4.72 Å². The number of hydrogen-bond donors (Lipinski definition) is 1. The largest absolute Gasteiger partial charge is 0.333 e. The zero-order chi connectivity index (χ0) is 17.3. The molecule has 0 atom stereocenters. The van der Waals surface area contributed by atoms with Crippen LogP contribution in [0.25, 0.3) is 0 Å². The zero-order valence-corrected chi connectivity index (χ0v) is 15.2. The van der Waals surface area contributed by atoms with Gasteiger partial charge in [0.25, 0.3) is 5.91 Å². The Morgan fingerprint density at radius 2 is 1.71 bits per heavy atom. The Kier molecular flexibility index (Phi) is 4.85. The van der Waals surface area contributed by atoms with E-state index in [0.29, 0.717) is 23.3 Å². The van der Waals surface area contributed by atoms with Gasteiger partial charge in [-0.15, -0.1) is 0 Å². The minimum Gasteiger partial charge on any atom is -0.333 e. The summed E-state index contributed by atoms with van der Waals surface area (Å²) in [4.78, 5) is 15.2. The molecule has 2 aliphatic rings. The van der Waals surface area contributed by atoms with Gasteiger partial charge in [0.1, 0.15) is 0 Å². The van der Waals surface area contributed by atoms with Gasteiger partial charge in [-0.25, -0.2) is 8.42 Å². The van der Waals surface area contributed by atoms with Crippen LogP contribution in [0.5, 0.6) is 0 Å². The number of hydrogen-bond acceptors (Lipinski definition) is 3. The van der Waals surface area contributed by atoms with E-state index in [1.54, 1.807) is 6.07 Å². The summed E-state index contributed by atoms with van der Waals surface area (Å²) in [6, 6.07) is 6.01. The molecule has 0 heterocycles. The first kappa shape index (κ1) is 17.3. The van der Waals surface area contributed by atoms with Gasteiger partial charge in [-0.3, -0.25) is 9.52 Å². The first-order valence-corrected chi connectivity index (χ1v) is 10.7. The third kappa shape index (κ3) is 4.09. The van der Waals surface area contributed by atoms with Crippen LogP contribution in [0.1, 0.15) is 60.9 Å². The summed E-state index contributed by atoms with van der Waals surface area (Å²) in [5.74, 6) is 0.0425. The van der Waals surface area contributed by atoms with Crippen molar-refractivity contribution in [2.75, 3.05) is 11.0 Å². The molecule has 2 aliphatic carbocycles. The van der Waals surface area contributed by atoms with Crippen LogP contribution in [-0.2, 0) is 10.0 Å². The molecule has 5 nitrogen and oxygen atoms in total. The second-order valence-electron chi connectivity index (χ2n) is 7.14. The maximum atomic E-state index is 13.1. The van der Waals surface area contributed by atoms with Gasteiger partial charge in [0.05, 0.1) is 11.9 Å². The van der Waals surface area contributed by atoms with Crippen LogP contribution in [-0.4, -0.2) is 37.6 Å². The average Bonchev–Trinajstić information content (AvgIpc) is 3.34. The molecule has 3 rings (SSSR count). The number of nitrogens with one attached hydrogen (secondary N) is 1. The fourth-order valence-electron chi connectivity index (χ4n) is 3.56. The van der Waals surface area contributed by atoms with Gasteiger partial charge in [0.2, 0.25) is 10.0 Å². The first-order chi connectivity index (χ1) is 11.3. The van der Waals surface area contributed by atoms with E-state index in [4.69, 9.17) is 0 Å². The van der Waals surface area contributed by atoms with E-state index in [1.165, 1.54) is 19.3 Å². The Balaban J connectivity index is 1.86. The molecule has 1 aromatic carbocycles. The van der Waals surface area contributed by atoms with Crippen LogP contribution in [0.4, 0.5) is 5.69 Å². The lowest BCUT2D eigenvalue weighted by atomic mass is 9.93. The second-order valence-corrected chi connectivity index (χ2v) is 8.89. The predicted molar refractivity (Wildman–Crippen MR) is 95.7 cm³/mol. The highest BCUT2D eigenvalue weighted by atomic mass is 32.2.